The summed E-state index contributed by atoms with van der Waals surface area (Å²) in [6.07, 6.45) is 1.74. The van der Waals surface area contributed by atoms with Crippen LogP contribution in [0.3, 0.4) is 0 Å². The number of nitrogens with zero attached hydrogens (tertiary/aromatic N) is 3. The van der Waals surface area contributed by atoms with Crippen molar-refractivity contribution in [3.8, 4) is 0 Å². The molecule has 0 saturated heterocycles. The molecule has 140 valence electrons. The van der Waals surface area contributed by atoms with E-state index in [1.807, 2.05) is 42.7 Å². The molecule has 0 aliphatic heterocycles. The van der Waals surface area contributed by atoms with Gasteiger partial charge in [0.1, 0.15) is 11.6 Å². The van der Waals surface area contributed by atoms with Gasteiger partial charge in [-0.3, -0.25) is 9.78 Å². The van der Waals surface area contributed by atoms with Crippen LogP contribution in [0.5, 0.6) is 0 Å². The lowest BCUT2D eigenvalue weighted by Gasteiger charge is -2.18. The lowest BCUT2D eigenvalue weighted by atomic mass is 10.1. The van der Waals surface area contributed by atoms with Gasteiger partial charge in [-0.2, -0.15) is 0 Å². The second-order valence-electron chi connectivity index (χ2n) is 6.59. The van der Waals surface area contributed by atoms with E-state index >= 15 is 0 Å². The fraction of sp³-hybridized carbons (Fsp3) is 0.238. The van der Waals surface area contributed by atoms with Crippen molar-refractivity contribution in [2.75, 3.05) is 7.05 Å². The summed E-state index contributed by atoms with van der Waals surface area (Å²) in [7, 11) is 1.61. The molecule has 1 aromatic carbocycles. The maximum absolute atomic E-state index is 13.9. The van der Waals surface area contributed by atoms with Crippen LogP contribution in [0.1, 0.15) is 33.0 Å². The Balaban J connectivity index is 1.81. The molecule has 1 amide bonds. The Morgan fingerprint density at radius 3 is 2.59 bits per heavy atom. The number of amides is 1. The van der Waals surface area contributed by atoms with Gasteiger partial charge in [-0.25, -0.2) is 8.78 Å². The molecular formula is C21H21F2N3O. The van der Waals surface area contributed by atoms with Crippen molar-refractivity contribution in [2.45, 2.75) is 26.9 Å². The molecule has 6 heteroatoms. The SMILES string of the molecule is Cc1cc(C(=O)N(C)Cc2ccc(F)cc2F)c(C)n1Cc1ccccn1. The zero-order chi connectivity index (χ0) is 19.6. The molecule has 0 saturated carbocycles. The van der Waals surface area contributed by atoms with E-state index in [1.54, 1.807) is 13.2 Å². The van der Waals surface area contributed by atoms with Crippen LogP contribution in [0, 0.1) is 25.5 Å². The Labute approximate surface area is 157 Å². The summed E-state index contributed by atoms with van der Waals surface area (Å²) >= 11 is 0. The Bertz CT molecular complexity index is 967. The zero-order valence-corrected chi connectivity index (χ0v) is 15.5. The highest BCUT2D eigenvalue weighted by atomic mass is 19.1. The Morgan fingerprint density at radius 1 is 1.15 bits per heavy atom. The molecule has 0 spiro atoms. The fourth-order valence-electron chi connectivity index (χ4n) is 3.10. The Kier molecular flexibility index (Phi) is 5.35. The minimum atomic E-state index is -0.657. The van der Waals surface area contributed by atoms with Crippen LogP contribution in [0.25, 0.3) is 0 Å². The van der Waals surface area contributed by atoms with Gasteiger partial charge in [0, 0.05) is 42.8 Å². The molecular weight excluding hydrogens is 348 g/mol. The number of aromatic nitrogens is 2. The molecule has 0 atom stereocenters. The molecule has 3 aromatic rings. The van der Waals surface area contributed by atoms with E-state index in [2.05, 4.69) is 4.98 Å². The molecule has 3 rings (SSSR count). The average Bonchev–Trinajstić information content (AvgIpc) is 2.92. The number of hydrogen-bond acceptors (Lipinski definition) is 2. The van der Waals surface area contributed by atoms with Crippen LogP contribution in [-0.2, 0) is 13.1 Å². The van der Waals surface area contributed by atoms with Gasteiger partial charge < -0.3 is 9.47 Å². The van der Waals surface area contributed by atoms with Crippen LogP contribution in [0.4, 0.5) is 8.78 Å². The van der Waals surface area contributed by atoms with E-state index in [1.165, 1.54) is 17.0 Å². The highest BCUT2D eigenvalue weighted by Crippen LogP contribution is 2.20. The highest BCUT2D eigenvalue weighted by Gasteiger charge is 2.20. The van der Waals surface area contributed by atoms with Gasteiger partial charge in [-0.05, 0) is 38.1 Å². The first-order chi connectivity index (χ1) is 12.9. The van der Waals surface area contributed by atoms with Gasteiger partial charge in [0.05, 0.1) is 17.8 Å². The number of carbonyl (C=O) groups excluding carboxylic acids is 1. The highest BCUT2D eigenvalue weighted by molar-refractivity contribution is 5.95. The van der Waals surface area contributed by atoms with Gasteiger partial charge >= 0.3 is 0 Å². The minimum absolute atomic E-state index is 0.0643. The number of carbonyl (C=O) groups is 1. The Hall–Kier alpha value is -3.02. The number of rotatable bonds is 5. The predicted molar refractivity (Wildman–Crippen MR) is 99.4 cm³/mol. The van der Waals surface area contributed by atoms with Crippen molar-refractivity contribution in [3.05, 3.63) is 88.5 Å². The number of pyridine rings is 1. The monoisotopic (exact) mass is 369 g/mol. The summed E-state index contributed by atoms with van der Waals surface area (Å²) in [6.45, 7) is 4.46. The zero-order valence-electron chi connectivity index (χ0n) is 15.5. The molecule has 0 bridgehead atoms. The molecule has 27 heavy (non-hydrogen) atoms. The van der Waals surface area contributed by atoms with E-state index in [4.69, 9.17) is 0 Å². The largest absolute Gasteiger partial charge is 0.342 e. The smallest absolute Gasteiger partial charge is 0.255 e. The van der Waals surface area contributed by atoms with Gasteiger partial charge in [-0.1, -0.05) is 12.1 Å². The summed E-state index contributed by atoms with van der Waals surface area (Å²) in [5, 5.41) is 0. The topological polar surface area (TPSA) is 38.1 Å². The maximum atomic E-state index is 13.9. The summed E-state index contributed by atoms with van der Waals surface area (Å²) in [6, 6.07) is 10.9. The van der Waals surface area contributed by atoms with E-state index in [0.717, 1.165) is 23.1 Å². The van der Waals surface area contributed by atoms with E-state index in [-0.39, 0.29) is 18.0 Å². The lowest BCUT2D eigenvalue weighted by Crippen LogP contribution is -2.27. The fourth-order valence-corrected chi connectivity index (χ4v) is 3.10. The number of benzene rings is 1. The molecule has 0 fully saturated rings. The van der Waals surface area contributed by atoms with Gasteiger partial charge in [0.15, 0.2) is 0 Å². The van der Waals surface area contributed by atoms with E-state index < -0.39 is 11.6 Å². The predicted octanol–water partition coefficient (Wildman–Crippen LogP) is 4.10. The molecule has 0 unspecified atom stereocenters. The van der Waals surface area contributed by atoms with Crippen molar-refractivity contribution < 1.29 is 13.6 Å². The molecule has 0 aliphatic rings. The van der Waals surface area contributed by atoms with Gasteiger partial charge in [-0.15, -0.1) is 0 Å². The standard InChI is InChI=1S/C21H21F2N3O/c1-14-10-19(15(2)26(14)13-18-6-4-5-9-24-18)21(27)25(3)12-16-7-8-17(22)11-20(16)23/h4-11H,12-13H2,1-3H3. The van der Waals surface area contributed by atoms with Crippen molar-refractivity contribution in [2.24, 2.45) is 0 Å². The van der Waals surface area contributed by atoms with Crippen LogP contribution in [0.2, 0.25) is 0 Å². The minimum Gasteiger partial charge on any atom is -0.342 e. The van der Waals surface area contributed by atoms with Crippen LogP contribution >= 0.6 is 0 Å². The normalized spacial score (nSPS) is 10.9. The number of halogens is 2. The Morgan fingerprint density at radius 2 is 1.93 bits per heavy atom. The maximum Gasteiger partial charge on any atom is 0.255 e. The third kappa shape index (κ3) is 4.05. The summed E-state index contributed by atoms with van der Waals surface area (Å²) in [5.74, 6) is -1.50. The third-order valence-electron chi connectivity index (χ3n) is 4.62. The lowest BCUT2D eigenvalue weighted by molar-refractivity contribution is 0.0783. The number of hydrogen-bond donors (Lipinski definition) is 0. The average molecular weight is 369 g/mol. The number of aryl methyl sites for hydroxylation is 1. The molecule has 0 N–H and O–H groups in total. The molecule has 2 heterocycles. The third-order valence-corrected chi connectivity index (χ3v) is 4.62. The van der Waals surface area contributed by atoms with E-state index in [9.17, 15) is 13.6 Å². The molecule has 0 aliphatic carbocycles. The van der Waals surface area contributed by atoms with Gasteiger partial charge in [0.2, 0.25) is 0 Å². The van der Waals surface area contributed by atoms with Crippen LogP contribution in [-0.4, -0.2) is 27.4 Å². The van der Waals surface area contributed by atoms with E-state index in [0.29, 0.717) is 12.1 Å². The molecule has 0 radical (unpaired) electrons. The first-order valence-electron chi connectivity index (χ1n) is 8.63. The molecule has 4 nitrogen and oxygen atoms in total. The summed E-state index contributed by atoms with van der Waals surface area (Å²) < 4.78 is 29.0. The van der Waals surface area contributed by atoms with Gasteiger partial charge in [0.25, 0.3) is 5.91 Å². The van der Waals surface area contributed by atoms with Crippen LogP contribution in [0.15, 0.2) is 48.7 Å². The molecule has 2 aromatic heterocycles. The van der Waals surface area contributed by atoms with Crippen molar-refractivity contribution in [3.63, 3.8) is 0 Å². The quantitative estimate of drug-likeness (QED) is 0.679. The van der Waals surface area contributed by atoms with Crippen LogP contribution < -0.4 is 0 Å². The van der Waals surface area contributed by atoms with Crippen molar-refractivity contribution >= 4 is 5.91 Å². The second-order valence-corrected chi connectivity index (χ2v) is 6.59. The first-order valence-corrected chi connectivity index (χ1v) is 8.63. The van der Waals surface area contributed by atoms with Crippen molar-refractivity contribution in [1.29, 1.82) is 0 Å². The summed E-state index contributed by atoms with van der Waals surface area (Å²) in [5.41, 5.74) is 3.51. The second kappa shape index (κ2) is 7.70. The summed E-state index contributed by atoms with van der Waals surface area (Å²) in [4.78, 5) is 18.6. The van der Waals surface area contributed by atoms with Crippen molar-refractivity contribution in [1.82, 2.24) is 14.5 Å². The first kappa shape index (κ1) is 18.8.